The van der Waals surface area contributed by atoms with Gasteiger partial charge >= 0.3 is 5.97 Å². The van der Waals surface area contributed by atoms with Crippen LogP contribution in [-0.2, 0) is 43.5 Å². The van der Waals surface area contributed by atoms with Crippen molar-refractivity contribution >= 4 is 5.97 Å². The molecule has 250 valence electrons. The van der Waals surface area contributed by atoms with Crippen LogP contribution in [0.5, 0.6) is 5.75 Å². The van der Waals surface area contributed by atoms with Gasteiger partial charge in [-0.2, -0.15) is 0 Å². The lowest BCUT2D eigenvalue weighted by Crippen LogP contribution is -2.60. The number of hydrogen-bond acceptors (Lipinski definition) is 7. The molecule has 48 heavy (non-hydrogen) atoms. The van der Waals surface area contributed by atoms with Crippen LogP contribution in [0.25, 0.3) is 0 Å². The summed E-state index contributed by atoms with van der Waals surface area (Å²) in [7, 11) is 1.64. The Hall–Kier alpha value is -4.45. The van der Waals surface area contributed by atoms with Gasteiger partial charge in [0.15, 0.2) is 0 Å². The van der Waals surface area contributed by atoms with E-state index in [9.17, 15) is 4.79 Å². The Labute approximate surface area is 284 Å². The number of esters is 1. The van der Waals surface area contributed by atoms with E-state index in [2.05, 4.69) is 18.8 Å². The standard InChI is InChI=1S/C41H44O7/c1-4-5-6-13-20-34-21-14-15-22-36(34)40(42)48-41-39(46-28-32-18-11-8-12-19-32)38(45-27-31-16-9-7-10-17-31)37(30(2)47-41)44-29-33-23-25-35(43-3)26-24-33/h7-12,14-19,21-26,30,37-39,41H,4-6,27-29H2,1-3H3/t30-,37-,38+,39+,41?/m0/s1. The average Bonchev–Trinajstić information content (AvgIpc) is 3.13. The van der Waals surface area contributed by atoms with E-state index in [0.29, 0.717) is 24.3 Å². The van der Waals surface area contributed by atoms with Crippen molar-refractivity contribution in [1.29, 1.82) is 0 Å². The Morgan fingerprint density at radius 3 is 1.90 bits per heavy atom. The van der Waals surface area contributed by atoms with Gasteiger partial charge in [0.05, 0.1) is 38.6 Å². The molecule has 1 unspecified atom stereocenters. The molecule has 0 spiro atoms. The zero-order valence-electron chi connectivity index (χ0n) is 27.9. The summed E-state index contributed by atoms with van der Waals surface area (Å²) in [6, 6.07) is 34.7. The highest BCUT2D eigenvalue weighted by Crippen LogP contribution is 2.32. The first-order valence-electron chi connectivity index (χ1n) is 16.6. The number of ether oxygens (including phenoxy) is 6. The second-order valence-electron chi connectivity index (χ2n) is 11.7. The molecule has 0 N–H and O–H groups in total. The van der Waals surface area contributed by atoms with E-state index >= 15 is 0 Å². The zero-order chi connectivity index (χ0) is 33.6. The van der Waals surface area contributed by atoms with Crippen molar-refractivity contribution in [3.63, 3.8) is 0 Å². The molecule has 0 radical (unpaired) electrons. The zero-order valence-corrected chi connectivity index (χ0v) is 27.9. The summed E-state index contributed by atoms with van der Waals surface area (Å²) in [5.74, 6) is 6.56. The van der Waals surface area contributed by atoms with Gasteiger partial charge in [0, 0.05) is 12.0 Å². The molecule has 1 saturated heterocycles. The lowest BCUT2D eigenvalue weighted by atomic mass is 9.98. The van der Waals surface area contributed by atoms with Crippen LogP contribution >= 0.6 is 0 Å². The number of methoxy groups -OCH3 is 1. The van der Waals surface area contributed by atoms with Gasteiger partial charge in [-0.1, -0.05) is 110 Å². The fourth-order valence-corrected chi connectivity index (χ4v) is 5.47. The lowest BCUT2D eigenvalue weighted by Gasteiger charge is -2.44. The van der Waals surface area contributed by atoms with E-state index in [1.165, 1.54) is 0 Å². The molecule has 7 heteroatoms. The maximum absolute atomic E-state index is 13.8. The monoisotopic (exact) mass is 648 g/mol. The number of carbonyl (C=O) groups is 1. The van der Waals surface area contributed by atoms with Crippen LogP contribution < -0.4 is 4.74 Å². The Kier molecular flexibility index (Phi) is 13.2. The van der Waals surface area contributed by atoms with E-state index in [-0.39, 0.29) is 6.61 Å². The van der Waals surface area contributed by atoms with E-state index in [1.54, 1.807) is 19.2 Å². The van der Waals surface area contributed by atoms with Gasteiger partial charge in [-0.05, 0) is 54.3 Å². The van der Waals surface area contributed by atoms with Crippen molar-refractivity contribution < 1.29 is 33.2 Å². The molecule has 1 fully saturated rings. The molecule has 1 heterocycles. The summed E-state index contributed by atoms with van der Waals surface area (Å²) < 4.78 is 37.6. The smallest absolute Gasteiger partial charge is 0.341 e. The number of hydrogen-bond donors (Lipinski definition) is 0. The highest BCUT2D eigenvalue weighted by Gasteiger charge is 2.48. The van der Waals surface area contributed by atoms with Crippen LogP contribution in [0.1, 0.15) is 65.7 Å². The largest absolute Gasteiger partial charge is 0.497 e. The molecule has 7 nitrogen and oxygen atoms in total. The van der Waals surface area contributed by atoms with Crippen molar-refractivity contribution in [3.8, 4) is 17.6 Å². The molecule has 4 aromatic carbocycles. The predicted molar refractivity (Wildman–Crippen MR) is 184 cm³/mol. The highest BCUT2D eigenvalue weighted by atomic mass is 16.7. The Bertz CT molecular complexity index is 1610. The summed E-state index contributed by atoms with van der Waals surface area (Å²) in [6.07, 6.45) is -0.741. The summed E-state index contributed by atoms with van der Waals surface area (Å²) in [5.41, 5.74) is 3.92. The van der Waals surface area contributed by atoms with Crippen LogP contribution in [0, 0.1) is 11.8 Å². The third-order valence-corrected chi connectivity index (χ3v) is 8.15. The van der Waals surface area contributed by atoms with Crippen molar-refractivity contribution in [1.82, 2.24) is 0 Å². The summed E-state index contributed by atoms with van der Waals surface area (Å²) in [5, 5.41) is 0. The highest BCUT2D eigenvalue weighted by molar-refractivity contribution is 5.92. The van der Waals surface area contributed by atoms with E-state index in [0.717, 1.165) is 41.7 Å². The first kappa shape index (κ1) is 34.9. The maximum Gasteiger partial charge on any atom is 0.341 e. The predicted octanol–water partition coefficient (Wildman–Crippen LogP) is 7.89. The first-order valence-corrected chi connectivity index (χ1v) is 16.6. The van der Waals surface area contributed by atoms with Crippen LogP contribution in [0.3, 0.4) is 0 Å². The van der Waals surface area contributed by atoms with Crippen LogP contribution in [0.2, 0.25) is 0 Å². The molecule has 0 aliphatic carbocycles. The van der Waals surface area contributed by atoms with Gasteiger partial charge in [0.25, 0.3) is 0 Å². The summed E-state index contributed by atoms with van der Waals surface area (Å²) >= 11 is 0. The molecule has 0 aromatic heterocycles. The molecule has 0 bridgehead atoms. The number of benzene rings is 4. The SMILES string of the molecule is CCCCC#Cc1ccccc1C(=O)OC1O[C@@H](C)[C@H](OCc2ccc(OC)cc2)[C@@H](OCc2ccccc2)[C@H]1OCc1ccccc1. The van der Waals surface area contributed by atoms with Crippen LogP contribution in [-0.4, -0.2) is 43.8 Å². The maximum atomic E-state index is 13.8. The topological polar surface area (TPSA) is 72.5 Å². The fraction of sp³-hybridized carbons (Fsp3) is 0.341. The summed E-state index contributed by atoms with van der Waals surface area (Å²) in [4.78, 5) is 13.8. The van der Waals surface area contributed by atoms with Gasteiger partial charge in [0.1, 0.15) is 24.1 Å². The van der Waals surface area contributed by atoms with Gasteiger partial charge in [-0.15, -0.1) is 0 Å². The first-order chi connectivity index (χ1) is 23.6. The molecular formula is C41H44O7. The fourth-order valence-electron chi connectivity index (χ4n) is 5.47. The molecule has 1 aliphatic rings. The molecule has 0 amide bonds. The van der Waals surface area contributed by atoms with Crippen molar-refractivity contribution in [3.05, 3.63) is 137 Å². The minimum atomic E-state index is -1.07. The molecule has 4 aromatic rings. The average molecular weight is 649 g/mol. The van der Waals surface area contributed by atoms with Gasteiger partial charge in [-0.25, -0.2) is 4.79 Å². The van der Waals surface area contributed by atoms with E-state index < -0.39 is 36.7 Å². The second kappa shape index (κ2) is 18.2. The number of rotatable bonds is 14. The van der Waals surface area contributed by atoms with Gasteiger partial charge in [0.2, 0.25) is 6.29 Å². The van der Waals surface area contributed by atoms with Crippen molar-refractivity contribution in [2.45, 2.75) is 83.6 Å². The Balaban J connectivity index is 1.42. The van der Waals surface area contributed by atoms with Crippen LogP contribution in [0.4, 0.5) is 0 Å². The van der Waals surface area contributed by atoms with Crippen LogP contribution in [0.15, 0.2) is 109 Å². The van der Waals surface area contributed by atoms with E-state index in [4.69, 9.17) is 28.4 Å². The lowest BCUT2D eigenvalue weighted by molar-refractivity contribution is -0.306. The molecule has 1 aliphatic heterocycles. The quantitative estimate of drug-likeness (QED) is 0.0782. The minimum Gasteiger partial charge on any atom is -0.497 e. The van der Waals surface area contributed by atoms with Crippen molar-refractivity contribution in [2.75, 3.05) is 7.11 Å². The van der Waals surface area contributed by atoms with Gasteiger partial charge < -0.3 is 28.4 Å². The van der Waals surface area contributed by atoms with Crippen molar-refractivity contribution in [2.24, 2.45) is 0 Å². The molecule has 0 saturated carbocycles. The van der Waals surface area contributed by atoms with Gasteiger partial charge in [-0.3, -0.25) is 0 Å². The Morgan fingerprint density at radius 1 is 0.708 bits per heavy atom. The normalized spacial score (nSPS) is 20.4. The minimum absolute atomic E-state index is 0.257. The third kappa shape index (κ3) is 9.79. The second-order valence-corrected chi connectivity index (χ2v) is 11.7. The molecule has 5 rings (SSSR count). The Morgan fingerprint density at radius 2 is 1.27 bits per heavy atom. The molecule has 5 atom stereocenters. The number of unbranched alkanes of at least 4 members (excludes halogenated alkanes) is 2. The number of carbonyl (C=O) groups excluding carboxylic acids is 1. The summed E-state index contributed by atoms with van der Waals surface area (Å²) in [6.45, 7) is 4.91. The van der Waals surface area contributed by atoms with E-state index in [1.807, 2.05) is 104 Å². The molecular weight excluding hydrogens is 604 g/mol. The third-order valence-electron chi connectivity index (χ3n) is 8.15.